The van der Waals surface area contributed by atoms with Crippen molar-refractivity contribution in [1.29, 1.82) is 0 Å². The van der Waals surface area contributed by atoms with Gasteiger partial charge in [-0.1, -0.05) is 6.92 Å². The highest BCUT2D eigenvalue weighted by Gasteiger charge is 2.31. The van der Waals surface area contributed by atoms with E-state index in [9.17, 15) is 13.2 Å². The summed E-state index contributed by atoms with van der Waals surface area (Å²) >= 11 is 0. The summed E-state index contributed by atoms with van der Waals surface area (Å²) in [6.45, 7) is 5.13. The molecule has 0 N–H and O–H groups in total. The number of anilines is 1. The summed E-state index contributed by atoms with van der Waals surface area (Å²) in [7, 11) is -1.69. The molecular weight excluding hydrogens is 416 g/mol. The molecule has 10 heteroatoms. The van der Waals surface area contributed by atoms with Gasteiger partial charge in [-0.2, -0.15) is 5.10 Å². The van der Waals surface area contributed by atoms with Crippen LogP contribution < -0.4 is 4.90 Å². The van der Waals surface area contributed by atoms with E-state index in [0.717, 1.165) is 25.9 Å². The third-order valence-electron chi connectivity index (χ3n) is 6.45. The van der Waals surface area contributed by atoms with Crippen LogP contribution >= 0.6 is 0 Å². The van der Waals surface area contributed by atoms with Crippen LogP contribution in [0.2, 0.25) is 0 Å². The number of amides is 1. The van der Waals surface area contributed by atoms with Crippen LogP contribution in [0.3, 0.4) is 0 Å². The van der Waals surface area contributed by atoms with Gasteiger partial charge in [0.15, 0.2) is 9.84 Å². The highest BCUT2D eigenvalue weighted by atomic mass is 32.2. The number of rotatable bonds is 4. The fourth-order valence-electron chi connectivity index (χ4n) is 4.42. The molecule has 2 aromatic rings. The first-order valence-corrected chi connectivity index (χ1v) is 12.7. The van der Waals surface area contributed by atoms with Gasteiger partial charge in [0.25, 0.3) is 5.91 Å². The summed E-state index contributed by atoms with van der Waals surface area (Å²) in [6.07, 6.45) is 7.79. The predicted molar refractivity (Wildman–Crippen MR) is 117 cm³/mol. The lowest BCUT2D eigenvalue weighted by atomic mass is 9.93. The molecule has 0 aromatic carbocycles. The fraction of sp³-hybridized carbons (Fsp3) is 0.619. The molecule has 4 rings (SSSR count). The number of hydrogen-bond donors (Lipinski definition) is 0. The Morgan fingerprint density at radius 2 is 1.77 bits per heavy atom. The molecule has 0 spiro atoms. The molecule has 0 radical (unpaired) electrons. The van der Waals surface area contributed by atoms with Crippen LogP contribution in [0, 0.1) is 5.92 Å². The van der Waals surface area contributed by atoms with E-state index >= 15 is 0 Å². The molecule has 0 aliphatic carbocycles. The number of likely N-dealkylation sites (tertiary alicyclic amines) is 1. The Morgan fingerprint density at radius 3 is 2.35 bits per heavy atom. The average molecular weight is 447 g/mol. The van der Waals surface area contributed by atoms with Crippen molar-refractivity contribution in [2.24, 2.45) is 13.0 Å². The van der Waals surface area contributed by atoms with Crippen LogP contribution in [0.25, 0.3) is 0 Å². The number of piperidine rings is 2. The molecule has 1 amide bonds. The van der Waals surface area contributed by atoms with Gasteiger partial charge in [-0.3, -0.25) is 9.48 Å². The van der Waals surface area contributed by atoms with Crippen LogP contribution in [0.15, 0.2) is 23.4 Å². The largest absolute Gasteiger partial charge is 0.341 e. The van der Waals surface area contributed by atoms with E-state index in [1.165, 1.54) is 12.5 Å². The molecular formula is C21H30N6O3S. The molecule has 2 saturated heterocycles. The SMILES string of the molecule is CC1CCN(c2ncc(S(C)(=O)=O)c(C3CCN(C(=O)c4ccnn4C)CC3)n2)CC1. The minimum atomic E-state index is -3.45. The van der Waals surface area contributed by atoms with Crippen molar-refractivity contribution < 1.29 is 13.2 Å². The van der Waals surface area contributed by atoms with Gasteiger partial charge in [0.2, 0.25) is 5.95 Å². The monoisotopic (exact) mass is 446 g/mol. The molecule has 2 aromatic heterocycles. The predicted octanol–water partition coefficient (Wildman–Crippen LogP) is 1.87. The zero-order chi connectivity index (χ0) is 22.2. The number of aromatic nitrogens is 4. The van der Waals surface area contributed by atoms with Crippen molar-refractivity contribution in [2.45, 2.75) is 43.4 Å². The number of carbonyl (C=O) groups is 1. The first-order valence-electron chi connectivity index (χ1n) is 10.8. The number of carbonyl (C=O) groups excluding carboxylic acids is 1. The van der Waals surface area contributed by atoms with E-state index in [-0.39, 0.29) is 16.7 Å². The third kappa shape index (κ3) is 4.58. The molecule has 2 fully saturated rings. The van der Waals surface area contributed by atoms with Crippen molar-refractivity contribution in [2.75, 3.05) is 37.3 Å². The Hall–Kier alpha value is -2.49. The Labute approximate surface area is 183 Å². The van der Waals surface area contributed by atoms with Gasteiger partial charge in [-0.05, 0) is 37.7 Å². The molecule has 4 heterocycles. The minimum Gasteiger partial charge on any atom is -0.341 e. The van der Waals surface area contributed by atoms with Crippen molar-refractivity contribution in [3.05, 3.63) is 29.8 Å². The maximum atomic E-state index is 12.8. The number of hydrogen-bond acceptors (Lipinski definition) is 7. The second-order valence-corrected chi connectivity index (χ2v) is 10.8. The van der Waals surface area contributed by atoms with E-state index in [1.807, 2.05) is 4.90 Å². The Morgan fingerprint density at radius 1 is 1.10 bits per heavy atom. The average Bonchev–Trinajstić information content (AvgIpc) is 3.18. The lowest BCUT2D eigenvalue weighted by Crippen LogP contribution is -2.39. The highest BCUT2D eigenvalue weighted by Crippen LogP contribution is 2.33. The van der Waals surface area contributed by atoms with E-state index in [1.54, 1.807) is 24.0 Å². The second-order valence-electron chi connectivity index (χ2n) is 8.77. The quantitative estimate of drug-likeness (QED) is 0.706. The van der Waals surface area contributed by atoms with Crippen molar-refractivity contribution in [3.8, 4) is 0 Å². The van der Waals surface area contributed by atoms with E-state index in [4.69, 9.17) is 4.98 Å². The topological polar surface area (TPSA) is 101 Å². The highest BCUT2D eigenvalue weighted by molar-refractivity contribution is 7.90. The van der Waals surface area contributed by atoms with E-state index in [2.05, 4.69) is 21.9 Å². The van der Waals surface area contributed by atoms with Crippen molar-refractivity contribution in [1.82, 2.24) is 24.6 Å². The molecule has 0 saturated carbocycles. The zero-order valence-electron chi connectivity index (χ0n) is 18.4. The normalized spacial score (nSPS) is 19.1. The summed E-state index contributed by atoms with van der Waals surface area (Å²) in [5, 5.41) is 4.07. The lowest BCUT2D eigenvalue weighted by molar-refractivity contribution is 0.0700. The molecule has 9 nitrogen and oxygen atoms in total. The van der Waals surface area contributed by atoms with Gasteiger partial charge in [0.05, 0.1) is 11.9 Å². The lowest BCUT2D eigenvalue weighted by Gasteiger charge is -2.33. The maximum absolute atomic E-state index is 12.8. The van der Waals surface area contributed by atoms with Crippen LogP contribution in [0.1, 0.15) is 54.7 Å². The van der Waals surface area contributed by atoms with Crippen LogP contribution in [-0.4, -0.2) is 71.4 Å². The van der Waals surface area contributed by atoms with E-state index < -0.39 is 9.84 Å². The first-order chi connectivity index (χ1) is 14.7. The number of nitrogens with zero attached hydrogens (tertiary/aromatic N) is 6. The molecule has 31 heavy (non-hydrogen) atoms. The van der Waals surface area contributed by atoms with Crippen LogP contribution in [0.4, 0.5) is 5.95 Å². The fourth-order valence-corrected chi connectivity index (χ4v) is 5.25. The summed E-state index contributed by atoms with van der Waals surface area (Å²) in [5.41, 5.74) is 1.15. The number of aryl methyl sites for hydroxylation is 1. The molecule has 0 bridgehead atoms. The Kier molecular flexibility index (Phi) is 6.00. The summed E-state index contributed by atoms with van der Waals surface area (Å²) in [6, 6.07) is 1.71. The van der Waals surface area contributed by atoms with Gasteiger partial charge in [0, 0.05) is 51.6 Å². The van der Waals surface area contributed by atoms with Crippen LogP contribution in [-0.2, 0) is 16.9 Å². The summed E-state index contributed by atoms with van der Waals surface area (Å²) in [5.74, 6) is 1.23. The molecule has 0 unspecified atom stereocenters. The van der Waals surface area contributed by atoms with Gasteiger partial charge in [0.1, 0.15) is 10.6 Å². The van der Waals surface area contributed by atoms with Gasteiger partial charge in [-0.25, -0.2) is 18.4 Å². The molecule has 0 atom stereocenters. The zero-order valence-corrected chi connectivity index (χ0v) is 19.2. The minimum absolute atomic E-state index is 0.0224. The molecule has 2 aliphatic rings. The summed E-state index contributed by atoms with van der Waals surface area (Å²) < 4.78 is 26.4. The van der Waals surface area contributed by atoms with Crippen LogP contribution in [0.5, 0.6) is 0 Å². The molecule has 168 valence electrons. The van der Waals surface area contributed by atoms with Gasteiger partial charge in [-0.15, -0.1) is 0 Å². The standard InChI is InChI=1S/C21H30N6O3S/c1-15-5-10-27(11-6-15)21-22-14-18(31(3,29)30)19(24-21)16-7-12-26(13-8-16)20(28)17-4-9-23-25(17)2/h4,9,14-16H,5-8,10-13H2,1-3H3. The van der Waals surface area contributed by atoms with Gasteiger partial charge < -0.3 is 9.80 Å². The molecule has 2 aliphatic heterocycles. The third-order valence-corrected chi connectivity index (χ3v) is 7.56. The number of sulfone groups is 1. The maximum Gasteiger partial charge on any atom is 0.272 e. The smallest absolute Gasteiger partial charge is 0.272 e. The summed E-state index contributed by atoms with van der Waals surface area (Å²) in [4.78, 5) is 26.1. The second kappa shape index (κ2) is 8.57. The first kappa shape index (κ1) is 21.7. The van der Waals surface area contributed by atoms with E-state index in [0.29, 0.717) is 49.2 Å². The van der Waals surface area contributed by atoms with Crippen molar-refractivity contribution >= 4 is 21.7 Å². The Balaban J connectivity index is 1.54. The van der Waals surface area contributed by atoms with Crippen molar-refractivity contribution in [3.63, 3.8) is 0 Å². The van der Waals surface area contributed by atoms with Gasteiger partial charge >= 0.3 is 0 Å². The Bertz CT molecular complexity index is 1050.